The van der Waals surface area contributed by atoms with Crippen LogP contribution in [0.3, 0.4) is 0 Å². The molecule has 0 aliphatic carbocycles. The predicted molar refractivity (Wildman–Crippen MR) is 39.3 cm³/mol. The van der Waals surface area contributed by atoms with Crippen LogP contribution in [0.25, 0.3) is 0 Å². The van der Waals surface area contributed by atoms with E-state index in [4.69, 9.17) is 10.8 Å². The van der Waals surface area contributed by atoms with Gasteiger partial charge >= 0.3 is 5.97 Å². The normalized spacial score (nSPS) is 31.3. The molecule has 0 aromatic rings. The molecule has 1 fully saturated rings. The van der Waals surface area contributed by atoms with Gasteiger partial charge in [-0.3, -0.25) is 4.79 Å². The molecule has 0 aromatic carbocycles. The Hall–Kier alpha value is -0.320. The number of carbonyl (C=O) groups is 1. The van der Waals surface area contributed by atoms with Gasteiger partial charge in [-0.05, 0) is 6.42 Å². The predicted octanol–water partition coefficient (Wildman–Crippen LogP) is -0.818. The summed E-state index contributed by atoms with van der Waals surface area (Å²) in [6.45, 7) is 0.622. The molecule has 60 valence electrons. The van der Waals surface area contributed by atoms with E-state index in [2.05, 4.69) is 5.32 Å². The molecular weight excluding hydrogens is 156 g/mol. The number of nitrogens with two attached hydrogens (primary N) is 1. The van der Waals surface area contributed by atoms with Gasteiger partial charge in [-0.2, -0.15) is 0 Å². The lowest BCUT2D eigenvalue weighted by Gasteiger charge is -2.00. The molecule has 0 aromatic heterocycles. The van der Waals surface area contributed by atoms with Gasteiger partial charge in [-0.1, -0.05) is 0 Å². The van der Waals surface area contributed by atoms with E-state index < -0.39 is 12.0 Å². The maximum atomic E-state index is 10.2. The topological polar surface area (TPSA) is 75.3 Å². The third-order valence-electron chi connectivity index (χ3n) is 1.46. The van der Waals surface area contributed by atoms with E-state index in [1.165, 1.54) is 0 Å². The minimum absolute atomic E-state index is 0. The van der Waals surface area contributed by atoms with Gasteiger partial charge in [0.05, 0.1) is 0 Å². The maximum absolute atomic E-state index is 10.2. The van der Waals surface area contributed by atoms with Crippen LogP contribution in [0, 0.1) is 0 Å². The molecule has 0 radical (unpaired) electrons. The Morgan fingerprint density at radius 2 is 2.30 bits per heavy atom. The van der Waals surface area contributed by atoms with Crippen molar-refractivity contribution in [3.8, 4) is 0 Å². The highest BCUT2D eigenvalue weighted by Crippen LogP contribution is 2.03. The van der Waals surface area contributed by atoms with Crippen LogP contribution in [-0.4, -0.2) is 29.7 Å². The second-order valence-electron chi connectivity index (χ2n) is 2.29. The van der Waals surface area contributed by atoms with Gasteiger partial charge in [-0.25, -0.2) is 0 Å². The fourth-order valence-corrected chi connectivity index (χ4v) is 0.951. The number of halogens is 1. The van der Waals surface area contributed by atoms with Crippen molar-refractivity contribution in [1.82, 2.24) is 5.32 Å². The zero-order valence-corrected chi connectivity index (χ0v) is 6.23. The average molecular weight is 167 g/mol. The molecule has 0 unspecified atom stereocenters. The van der Waals surface area contributed by atoms with E-state index in [1.807, 2.05) is 0 Å². The minimum Gasteiger partial charge on any atom is -0.480 e. The molecule has 1 aliphatic heterocycles. The van der Waals surface area contributed by atoms with Gasteiger partial charge in [0.15, 0.2) is 0 Å². The van der Waals surface area contributed by atoms with Gasteiger partial charge in [0, 0.05) is 12.6 Å². The standard InChI is InChI=1S/C5H10N2O2.ClH/c6-3-1-4(5(8)9)7-2-3;/h3-4,7H,1-2,6H2,(H,8,9);1H/t3-,4-;/m0./s1. The first-order valence-electron chi connectivity index (χ1n) is 2.92. The molecule has 2 atom stereocenters. The van der Waals surface area contributed by atoms with E-state index in [0.29, 0.717) is 13.0 Å². The molecule has 1 saturated heterocycles. The SMILES string of the molecule is Cl.N[C@@H]1CN[C@H](C(=O)O)C1. The van der Waals surface area contributed by atoms with Crippen molar-refractivity contribution < 1.29 is 9.90 Å². The van der Waals surface area contributed by atoms with Crippen LogP contribution < -0.4 is 11.1 Å². The largest absolute Gasteiger partial charge is 0.480 e. The van der Waals surface area contributed by atoms with E-state index >= 15 is 0 Å². The highest BCUT2D eigenvalue weighted by atomic mass is 35.5. The summed E-state index contributed by atoms with van der Waals surface area (Å²) in [6, 6.07) is -0.397. The average Bonchev–Trinajstić information content (AvgIpc) is 2.14. The van der Waals surface area contributed by atoms with E-state index in [9.17, 15) is 4.79 Å². The number of rotatable bonds is 1. The van der Waals surface area contributed by atoms with Gasteiger partial charge in [0.2, 0.25) is 0 Å². The molecule has 1 aliphatic rings. The van der Waals surface area contributed by atoms with Crippen LogP contribution in [0.1, 0.15) is 6.42 Å². The van der Waals surface area contributed by atoms with Gasteiger partial charge < -0.3 is 16.2 Å². The highest BCUT2D eigenvalue weighted by molar-refractivity contribution is 5.85. The lowest BCUT2D eigenvalue weighted by molar-refractivity contribution is -0.139. The summed E-state index contributed by atoms with van der Waals surface area (Å²) in [5, 5.41) is 11.2. The Morgan fingerprint density at radius 3 is 2.50 bits per heavy atom. The molecule has 0 saturated carbocycles. The van der Waals surface area contributed by atoms with Crippen molar-refractivity contribution in [3.63, 3.8) is 0 Å². The van der Waals surface area contributed by atoms with Crippen molar-refractivity contribution in [3.05, 3.63) is 0 Å². The smallest absolute Gasteiger partial charge is 0.320 e. The molecule has 1 heterocycles. The zero-order valence-electron chi connectivity index (χ0n) is 5.41. The van der Waals surface area contributed by atoms with Crippen LogP contribution in [0.4, 0.5) is 0 Å². The molecule has 4 N–H and O–H groups in total. The zero-order chi connectivity index (χ0) is 6.85. The Morgan fingerprint density at radius 1 is 1.70 bits per heavy atom. The molecule has 4 nitrogen and oxygen atoms in total. The molecule has 0 bridgehead atoms. The third kappa shape index (κ3) is 2.13. The van der Waals surface area contributed by atoms with Crippen molar-refractivity contribution in [2.24, 2.45) is 5.73 Å². The quantitative estimate of drug-likeness (QED) is 0.476. The summed E-state index contributed by atoms with van der Waals surface area (Å²) in [5.41, 5.74) is 5.44. The molecule has 0 amide bonds. The van der Waals surface area contributed by atoms with Crippen LogP contribution in [-0.2, 0) is 4.79 Å². The summed E-state index contributed by atoms with van der Waals surface area (Å²) in [4.78, 5) is 10.2. The van der Waals surface area contributed by atoms with Crippen LogP contribution in [0.15, 0.2) is 0 Å². The van der Waals surface area contributed by atoms with Crippen molar-refractivity contribution in [2.75, 3.05) is 6.54 Å². The Labute approximate surface area is 65.2 Å². The van der Waals surface area contributed by atoms with Crippen molar-refractivity contribution in [1.29, 1.82) is 0 Å². The number of hydrogen-bond donors (Lipinski definition) is 3. The molecule has 5 heteroatoms. The second-order valence-corrected chi connectivity index (χ2v) is 2.29. The fourth-order valence-electron chi connectivity index (χ4n) is 0.951. The minimum atomic E-state index is -0.803. The summed E-state index contributed by atoms with van der Waals surface area (Å²) < 4.78 is 0. The van der Waals surface area contributed by atoms with Gasteiger partial charge in [0.25, 0.3) is 0 Å². The maximum Gasteiger partial charge on any atom is 0.320 e. The summed E-state index contributed by atoms with van der Waals surface area (Å²) in [5.74, 6) is -0.803. The molecular formula is C5H11ClN2O2. The summed E-state index contributed by atoms with van der Waals surface area (Å²) in [7, 11) is 0. The lowest BCUT2D eigenvalue weighted by Crippen LogP contribution is -2.30. The first-order valence-corrected chi connectivity index (χ1v) is 2.92. The van der Waals surface area contributed by atoms with E-state index in [1.54, 1.807) is 0 Å². The van der Waals surface area contributed by atoms with Crippen LogP contribution >= 0.6 is 12.4 Å². The van der Waals surface area contributed by atoms with Gasteiger partial charge in [0.1, 0.15) is 6.04 Å². The number of nitrogens with one attached hydrogen (secondary N) is 1. The molecule has 10 heavy (non-hydrogen) atoms. The third-order valence-corrected chi connectivity index (χ3v) is 1.46. The first-order chi connectivity index (χ1) is 4.20. The Balaban J connectivity index is 0.000000810. The highest BCUT2D eigenvalue weighted by Gasteiger charge is 2.26. The molecule has 0 spiro atoms. The first kappa shape index (κ1) is 9.68. The summed E-state index contributed by atoms with van der Waals surface area (Å²) >= 11 is 0. The molecule has 1 rings (SSSR count). The number of carboxylic acids is 1. The van der Waals surface area contributed by atoms with Crippen molar-refractivity contribution >= 4 is 18.4 Å². The van der Waals surface area contributed by atoms with Crippen molar-refractivity contribution in [2.45, 2.75) is 18.5 Å². The number of aliphatic carboxylic acids is 1. The lowest BCUT2D eigenvalue weighted by atomic mass is 10.2. The number of carboxylic acid groups (broad SMARTS) is 1. The van der Waals surface area contributed by atoms with Crippen LogP contribution in [0.5, 0.6) is 0 Å². The van der Waals surface area contributed by atoms with E-state index in [0.717, 1.165) is 0 Å². The van der Waals surface area contributed by atoms with Crippen LogP contribution in [0.2, 0.25) is 0 Å². The second kappa shape index (κ2) is 3.75. The Bertz CT molecular complexity index is 131. The fraction of sp³-hybridized carbons (Fsp3) is 0.800. The monoisotopic (exact) mass is 166 g/mol. The number of hydrogen-bond acceptors (Lipinski definition) is 3. The Kier molecular flexibility index (Phi) is 3.63. The summed E-state index contributed by atoms with van der Waals surface area (Å²) in [6.07, 6.45) is 0.551. The van der Waals surface area contributed by atoms with Gasteiger partial charge in [-0.15, -0.1) is 12.4 Å². The van der Waals surface area contributed by atoms with E-state index in [-0.39, 0.29) is 18.4 Å².